The average Bonchev–Trinajstić information content (AvgIpc) is 2.74. The molecular formula is C10H15NO2. The highest BCUT2D eigenvalue weighted by atomic mass is 16.3. The Balaban J connectivity index is 1.87. The van der Waals surface area contributed by atoms with Crippen LogP contribution in [0.25, 0.3) is 0 Å². The SMILES string of the molecule is OC(Cc1ccco1)[C@@H]1CCCN1. The Kier molecular flexibility index (Phi) is 2.66. The van der Waals surface area contributed by atoms with Crippen LogP contribution in [0.3, 0.4) is 0 Å². The molecule has 0 spiro atoms. The highest BCUT2D eigenvalue weighted by molar-refractivity contribution is 5.01. The predicted molar refractivity (Wildman–Crippen MR) is 49.4 cm³/mol. The molecule has 0 aromatic carbocycles. The largest absolute Gasteiger partial charge is 0.469 e. The Morgan fingerprint density at radius 1 is 1.69 bits per heavy atom. The summed E-state index contributed by atoms with van der Waals surface area (Å²) in [6, 6.07) is 4.01. The van der Waals surface area contributed by atoms with Crippen molar-refractivity contribution in [3.8, 4) is 0 Å². The highest BCUT2D eigenvalue weighted by Crippen LogP contribution is 2.13. The van der Waals surface area contributed by atoms with E-state index < -0.39 is 0 Å². The van der Waals surface area contributed by atoms with Crippen molar-refractivity contribution in [2.75, 3.05) is 6.54 Å². The van der Waals surface area contributed by atoms with Crippen molar-refractivity contribution < 1.29 is 9.52 Å². The number of nitrogens with one attached hydrogen (secondary N) is 1. The minimum Gasteiger partial charge on any atom is -0.469 e. The topological polar surface area (TPSA) is 45.4 Å². The van der Waals surface area contributed by atoms with Gasteiger partial charge in [0.25, 0.3) is 0 Å². The minimum absolute atomic E-state index is 0.255. The van der Waals surface area contributed by atoms with E-state index in [2.05, 4.69) is 5.32 Å². The number of aliphatic hydroxyl groups is 1. The van der Waals surface area contributed by atoms with Crippen molar-refractivity contribution in [3.63, 3.8) is 0 Å². The van der Waals surface area contributed by atoms with Crippen molar-refractivity contribution in [2.24, 2.45) is 0 Å². The molecule has 2 rings (SSSR count). The van der Waals surface area contributed by atoms with Crippen LogP contribution >= 0.6 is 0 Å². The number of hydrogen-bond acceptors (Lipinski definition) is 3. The zero-order valence-electron chi connectivity index (χ0n) is 7.57. The maximum absolute atomic E-state index is 9.80. The van der Waals surface area contributed by atoms with Gasteiger partial charge in [0.1, 0.15) is 5.76 Å². The summed E-state index contributed by atoms with van der Waals surface area (Å²) in [4.78, 5) is 0. The first-order valence-corrected chi connectivity index (χ1v) is 4.80. The molecule has 1 saturated heterocycles. The number of aliphatic hydroxyl groups excluding tert-OH is 1. The van der Waals surface area contributed by atoms with Gasteiger partial charge in [-0.05, 0) is 31.5 Å². The van der Waals surface area contributed by atoms with Gasteiger partial charge in [-0.3, -0.25) is 0 Å². The second-order valence-corrected chi connectivity index (χ2v) is 3.55. The van der Waals surface area contributed by atoms with Crippen LogP contribution < -0.4 is 5.32 Å². The lowest BCUT2D eigenvalue weighted by Crippen LogP contribution is -2.35. The normalized spacial score (nSPS) is 24.8. The van der Waals surface area contributed by atoms with Gasteiger partial charge in [0.15, 0.2) is 0 Å². The van der Waals surface area contributed by atoms with Gasteiger partial charge in [-0.15, -0.1) is 0 Å². The second-order valence-electron chi connectivity index (χ2n) is 3.55. The summed E-state index contributed by atoms with van der Waals surface area (Å²) < 4.78 is 5.18. The van der Waals surface area contributed by atoms with Crippen LogP contribution in [0.1, 0.15) is 18.6 Å². The molecule has 2 atom stereocenters. The lowest BCUT2D eigenvalue weighted by atomic mass is 10.1. The Morgan fingerprint density at radius 3 is 3.23 bits per heavy atom. The third-order valence-electron chi connectivity index (χ3n) is 2.55. The molecule has 1 aliphatic heterocycles. The summed E-state index contributed by atoms with van der Waals surface area (Å²) in [6.45, 7) is 1.03. The summed E-state index contributed by atoms with van der Waals surface area (Å²) >= 11 is 0. The molecule has 13 heavy (non-hydrogen) atoms. The van der Waals surface area contributed by atoms with Gasteiger partial charge in [-0.1, -0.05) is 0 Å². The molecular weight excluding hydrogens is 166 g/mol. The monoisotopic (exact) mass is 181 g/mol. The summed E-state index contributed by atoms with van der Waals surface area (Å²) in [5, 5.41) is 13.1. The Hall–Kier alpha value is -0.800. The van der Waals surface area contributed by atoms with E-state index in [0.29, 0.717) is 6.42 Å². The van der Waals surface area contributed by atoms with E-state index in [1.165, 1.54) is 6.42 Å². The molecule has 0 saturated carbocycles. The lowest BCUT2D eigenvalue weighted by Gasteiger charge is -2.16. The fraction of sp³-hybridized carbons (Fsp3) is 0.600. The first kappa shape index (κ1) is 8.78. The third-order valence-corrected chi connectivity index (χ3v) is 2.55. The van der Waals surface area contributed by atoms with Crippen LogP contribution in [0.5, 0.6) is 0 Å². The zero-order valence-corrected chi connectivity index (χ0v) is 7.57. The average molecular weight is 181 g/mol. The molecule has 0 amide bonds. The Morgan fingerprint density at radius 2 is 2.62 bits per heavy atom. The molecule has 3 heteroatoms. The molecule has 1 fully saturated rings. The van der Waals surface area contributed by atoms with E-state index in [9.17, 15) is 5.11 Å². The summed E-state index contributed by atoms with van der Waals surface area (Å²) in [7, 11) is 0. The van der Waals surface area contributed by atoms with Crippen molar-refractivity contribution >= 4 is 0 Å². The van der Waals surface area contributed by atoms with E-state index in [1.807, 2.05) is 12.1 Å². The third kappa shape index (κ3) is 2.11. The van der Waals surface area contributed by atoms with E-state index in [1.54, 1.807) is 6.26 Å². The quantitative estimate of drug-likeness (QED) is 0.729. The predicted octanol–water partition coefficient (Wildman–Crippen LogP) is 0.935. The maximum atomic E-state index is 9.80. The molecule has 1 aliphatic rings. The van der Waals surface area contributed by atoms with Crippen LogP contribution in [0.15, 0.2) is 22.8 Å². The van der Waals surface area contributed by atoms with Crippen LogP contribution in [-0.2, 0) is 6.42 Å². The van der Waals surface area contributed by atoms with Gasteiger partial charge >= 0.3 is 0 Å². The van der Waals surface area contributed by atoms with Gasteiger partial charge in [0.05, 0.1) is 12.4 Å². The maximum Gasteiger partial charge on any atom is 0.106 e. The molecule has 1 unspecified atom stereocenters. The smallest absolute Gasteiger partial charge is 0.106 e. The Bertz CT molecular complexity index is 239. The fourth-order valence-electron chi connectivity index (χ4n) is 1.82. The van der Waals surface area contributed by atoms with Gasteiger partial charge in [0, 0.05) is 12.5 Å². The van der Waals surface area contributed by atoms with Crippen molar-refractivity contribution in [1.29, 1.82) is 0 Å². The van der Waals surface area contributed by atoms with Crippen LogP contribution in [0.4, 0.5) is 0 Å². The molecule has 2 heterocycles. The van der Waals surface area contributed by atoms with Crippen LogP contribution in [-0.4, -0.2) is 23.8 Å². The molecule has 1 aromatic rings. The van der Waals surface area contributed by atoms with Crippen LogP contribution in [0, 0.1) is 0 Å². The molecule has 2 N–H and O–H groups in total. The number of furan rings is 1. The molecule has 0 bridgehead atoms. The zero-order chi connectivity index (χ0) is 9.10. The van der Waals surface area contributed by atoms with E-state index >= 15 is 0 Å². The summed E-state index contributed by atoms with van der Waals surface area (Å²) in [5.74, 6) is 0.862. The molecule has 72 valence electrons. The van der Waals surface area contributed by atoms with E-state index in [0.717, 1.165) is 18.7 Å². The van der Waals surface area contributed by atoms with E-state index in [4.69, 9.17) is 4.42 Å². The molecule has 1 aromatic heterocycles. The fourth-order valence-corrected chi connectivity index (χ4v) is 1.82. The van der Waals surface area contributed by atoms with Gasteiger partial charge < -0.3 is 14.8 Å². The van der Waals surface area contributed by atoms with Gasteiger partial charge in [-0.2, -0.15) is 0 Å². The van der Waals surface area contributed by atoms with Gasteiger partial charge in [0.2, 0.25) is 0 Å². The molecule has 0 radical (unpaired) electrons. The van der Waals surface area contributed by atoms with Crippen molar-refractivity contribution in [3.05, 3.63) is 24.2 Å². The molecule has 3 nitrogen and oxygen atoms in total. The minimum atomic E-state index is -0.311. The molecule has 0 aliphatic carbocycles. The standard InChI is InChI=1S/C10H15NO2/c12-10(9-4-1-5-11-9)7-8-3-2-6-13-8/h2-3,6,9-12H,1,4-5,7H2/t9-,10?/m0/s1. The van der Waals surface area contributed by atoms with Gasteiger partial charge in [-0.25, -0.2) is 0 Å². The first-order valence-electron chi connectivity index (χ1n) is 4.80. The van der Waals surface area contributed by atoms with E-state index in [-0.39, 0.29) is 12.1 Å². The van der Waals surface area contributed by atoms with Crippen LogP contribution in [0.2, 0.25) is 0 Å². The number of hydrogen-bond donors (Lipinski definition) is 2. The highest BCUT2D eigenvalue weighted by Gasteiger charge is 2.23. The van der Waals surface area contributed by atoms with Crippen molar-refractivity contribution in [1.82, 2.24) is 5.32 Å². The van der Waals surface area contributed by atoms with Crippen molar-refractivity contribution in [2.45, 2.75) is 31.4 Å². The lowest BCUT2D eigenvalue weighted by molar-refractivity contribution is 0.130. The summed E-state index contributed by atoms with van der Waals surface area (Å²) in [5.41, 5.74) is 0. The number of rotatable bonds is 3. The second kappa shape index (κ2) is 3.94. The Labute approximate surface area is 77.8 Å². The first-order chi connectivity index (χ1) is 6.36. The summed E-state index contributed by atoms with van der Waals surface area (Å²) in [6.07, 6.45) is 4.19.